The lowest BCUT2D eigenvalue weighted by Crippen LogP contribution is -2.06. The summed E-state index contributed by atoms with van der Waals surface area (Å²) >= 11 is 0. The lowest BCUT2D eigenvalue weighted by Gasteiger charge is -2.20. The third-order valence-corrected chi connectivity index (χ3v) is 4.87. The summed E-state index contributed by atoms with van der Waals surface area (Å²) in [6.45, 7) is 0. The molecule has 0 heterocycles. The Morgan fingerprint density at radius 3 is 1.96 bits per heavy atom. The largest absolute Gasteiger partial charge is 0.508 e. The summed E-state index contributed by atoms with van der Waals surface area (Å²) < 4.78 is 0. The first-order valence-corrected chi connectivity index (χ1v) is 8.75. The smallest absolute Gasteiger partial charge is 0.115 e. The second kappa shape index (κ2) is 6.93. The maximum absolute atomic E-state index is 9.67. The number of benzene rings is 4. The fourth-order valence-electron chi connectivity index (χ4n) is 3.54. The molecule has 0 unspecified atom stereocenters. The molecule has 0 spiro atoms. The highest BCUT2D eigenvalue weighted by Gasteiger charge is 2.17. The van der Waals surface area contributed by atoms with Crippen molar-refractivity contribution >= 4 is 10.8 Å². The molecule has 0 aliphatic carbocycles. The Hall–Kier alpha value is -3.26. The molecule has 0 bridgehead atoms. The topological polar surface area (TPSA) is 40.5 Å². The second-order valence-corrected chi connectivity index (χ2v) is 6.58. The van der Waals surface area contributed by atoms with Gasteiger partial charge >= 0.3 is 0 Å². The molecular weight excluding hydrogens is 320 g/mol. The van der Waals surface area contributed by atoms with Crippen molar-refractivity contribution in [3.05, 3.63) is 108 Å². The second-order valence-electron chi connectivity index (χ2n) is 6.58. The molecule has 2 N–H and O–H groups in total. The predicted molar refractivity (Wildman–Crippen MR) is 106 cm³/mol. The zero-order chi connectivity index (χ0) is 17.9. The van der Waals surface area contributed by atoms with Crippen LogP contribution in [0.1, 0.15) is 22.6 Å². The van der Waals surface area contributed by atoms with Crippen LogP contribution in [0.3, 0.4) is 0 Å². The van der Waals surface area contributed by atoms with Gasteiger partial charge in [0.25, 0.3) is 0 Å². The normalized spacial score (nSPS) is 12.2. The Morgan fingerprint density at radius 2 is 1.23 bits per heavy atom. The van der Waals surface area contributed by atoms with E-state index in [4.69, 9.17) is 0 Å². The number of phenols is 2. The van der Waals surface area contributed by atoms with Crippen LogP contribution < -0.4 is 0 Å². The Balaban J connectivity index is 1.84. The van der Waals surface area contributed by atoms with Crippen molar-refractivity contribution in [1.29, 1.82) is 0 Å². The van der Waals surface area contributed by atoms with E-state index >= 15 is 0 Å². The van der Waals surface area contributed by atoms with Crippen molar-refractivity contribution in [2.75, 3.05) is 0 Å². The Kier molecular flexibility index (Phi) is 4.32. The van der Waals surface area contributed by atoms with E-state index in [9.17, 15) is 10.2 Å². The monoisotopic (exact) mass is 340 g/mol. The molecule has 0 aliphatic heterocycles. The van der Waals surface area contributed by atoms with Crippen LogP contribution in [0.4, 0.5) is 0 Å². The van der Waals surface area contributed by atoms with Crippen LogP contribution in [0.5, 0.6) is 11.5 Å². The van der Waals surface area contributed by atoms with Gasteiger partial charge in [-0.2, -0.15) is 0 Å². The average molecular weight is 340 g/mol. The summed E-state index contributed by atoms with van der Waals surface area (Å²) in [5.41, 5.74) is 3.59. The van der Waals surface area contributed by atoms with E-state index in [1.165, 1.54) is 16.3 Å². The van der Waals surface area contributed by atoms with Gasteiger partial charge in [-0.3, -0.25) is 0 Å². The summed E-state index contributed by atoms with van der Waals surface area (Å²) in [5, 5.41) is 21.7. The van der Waals surface area contributed by atoms with Crippen LogP contribution >= 0.6 is 0 Å². The van der Waals surface area contributed by atoms with Gasteiger partial charge < -0.3 is 10.2 Å². The Morgan fingerprint density at radius 1 is 0.615 bits per heavy atom. The molecule has 4 rings (SSSR count). The zero-order valence-corrected chi connectivity index (χ0v) is 14.3. The first kappa shape index (κ1) is 16.2. The third-order valence-electron chi connectivity index (χ3n) is 4.87. The molecule has 1 atom stereocenters. The first-order valence-electron chi connectivity index (χ1n) is 8.75. The van der Waals surface area contributed by atoms with Crippen molar-refractivity contribution < 1.29 is 10.2 Å². The Labute approximate surface area is 153 Å². The molecule has 128 valence electrons. The predicted octanol–water partition coefficient (Wildman–Crippen LogP) is 5.63. The van der Waals surface area contributed by atoms with Gasteiger partial charge in [0, 0.05) is 5.92 Å². The van der Waals surface area contributed by atoms with E-state index in [0.29, 0.717) is 0 Å². The van der Waals surface area contributed by atoms with Crippen molar-refractivity contribution in [2.45, 2.75) is 12.3 Å². The Bertz CT molecular complexity index is 1010. The van der Waals surface area contributed by atoms with Gasteiger partial charge in [0.2, 0.25) is 0 Å². The number of rotatable bonds is 4. The van der Waals surface area contributed by atoms with Crippen LogP contribution in [-0.2, 0) is 6.42 Å². The van der Waals surface area contributed by atoms with E-state index in [0.717, 1.165) is 17.5 Å². The molecule has 4 aromatic carbocycles. The maximum atomic E-state index is 9.67. The lowest BCUT2D eigenvalue weighted by atomic mass is 9.83. The molecule has 26 heavy (non-hydrogen) atoms. The minimum absolute atomic E-state index is 0.159. The fraction of sp³-hybridized carbons (Fsp3) is 0.0833. The molecule has 0 saturated carbocycles. The molecule has 2 nitrogen and oxygen atoms in total. The van der Waals surface area contributed by atoms with E-state index < -0.39 is 0 Å². The van der Waals surface area contributed by atoms with Crippen LogP contribution in [-0.4, -0.2) is 10.2 Å². The highest BCUT2D eigenvalue weighted by Crippen LogP contribution is 2.34. The zero-order valence-electron chi connectivity index (χ0n) is 14.3. The molecular formula is C24H20O2. The number of fused-ring (bicyclic) bond motifs is 1. The number of hydrogen-bond acceptors (Lipinski definition) is 2. The van der Waals surface area contributed by atoms with E-state index in [-0.39, 0.29) is 17.4 Å². The van der Waals surface area contributed by atoms with Crippen LogP contribution in [0.25, 0.3) is 10.8 Å². The summed E-state index contributed by atoms with van der Waals surface area (Å²) in [7, 11) is 0. The molecule has 2 heteroatoms. The average Bonchev–Trinajstić information content (AvgIpc) is 2.68. The standard InChI is InChI=1S/C24H20O2/c25-20-12-8-17(9-13-20)16-24(19-10-14-21(26)15-11-19)23-7-3-5-18-4-1-2-6-22(18)23/h1-15,24-26H,16H2/t24-/m0/s1. The fourth-order valence-corrected chi connectivity index (χ4v) is 3.54. The van der Waals surface area contributed by atoms with Gasteiger partial charge in [-0.25, -0.2) is 0 Å². The van der Waals surface area contributed by atoms with Crippen molar-refractivity contribution in [3.63, 3.8) is 0 Å². The molecule has 0 fully saturated rings. The van der Waals surface area contributed by atoms with Gasteiger partial charge in [-0.05, 0) is 58.1 Å². The SMILES string of the molecule is Oc1ccc(C[C@@H](c2ccc(O)cc2)c2cccc3ccccc23)cc1. The minimum Gasteiger partial charge on any atom is -0.508 e. The van der Waals surface area contributed by atoms with Crippen LogP contribution in [0.2, 0.25) is 0 Å². The third kappa shape index (κ3) is 3.27. The van der Waals surface area contributed by atoms with Gasteiger partial charge in [0.15, 0.2) is 0 Å². The number of aromatic hydroxyl groups is 2. The van der Waals surface area contributed by atoms with E-state index in [1.807, 2.05) is 24.3 Å². The van der Waals surface area contributed by atoms with Crippen molar-refractivity contribution in [1.82, 2.24) is 0 Å². The summed E-state index contributed by atoms with van der Waals surface area (Å²) in [4.78, 5) is 0. The molecule has 0 radical (unpaired) electrons. The lowest BCUT2D eigenvalue weighted by molar-refractivity contribution is 0.474. The van der Waals surface area contributed by atoms with Gasteiger partial charge in [0.05, 0.1) is 0 Å². The number of phenolic OH excluding ortho intramolecular Hbond substituents is 2. The van der Waals surface area contributed by atoms with E-state index in [2.05, 4.69) is 42.5 Å². The van der Waals surface area contributed by atoms with Crippen LogP contribution in [0, 0.1) is 0 Å². The van der Waals surface area contributed by atoms with Gasteiger partial charge in [-0.1, -0.05) is 66.7 Å². The van der Waals surface area contributed by atoms with Gasteiger partial charge in [-0.15, -0.1) is 0 Å². The highest BCUT2D eigenvalue weighted by atomic mass is 16.3. The van der Waals surface area contributed by atoms with Crippen molar-refractivity contribution in [3.8, 4) is 11.5 Å². The minimum atomic E-state index is 0.159. The molecule has 4 aromatic rings. The molecule has 0 saturated heterocycles. The van der Waals surface area contributed by atoms with E-state index in [1.54, 1.807) is 24.3 Å². The highest BCUT2D eigenvalue weighted by molar-refractivity contribution is 5.86. The van der Waals surface area contributed by atoms with Crippen molar-refractivity contribution in [2.24, 2.45) is 0 Å². The quantitative estimate of drug-likeness (QED) is 0.506. The molecule has 0 aliphatic rings. The maximum Gasteiger partial charge on any atom is 0.115 e. The summed E-state index contributed by atoms with van der Waals surface area (Å²) in [5.74, 6) is 0.710. The molecule has 0 aromatic heterocycles. The number of hydrogen-bond donors (Lipinski definition) is 2. The molecule has 0 amide bonds. The van der Waals surface area contributed by atoms with Gasteiger partial charge in [0.1, 0.15) is 11.5 Å². The summed E-state index contributed by atoms with van der Waals surface area (Å²) in [6, 6.07) is 29.7. The van der Waals surface area contributed by atoms with Crippen LogP contribution in [0.15, 0.2) is 91.0 Å². The first-order chi connectivity index (χ1) is 12.7. The summed E-state index contributed by atoms with van der Waals surface area (Å²) in [6.07, 6.45) is 0.819.